The van der Waals surface area contributed by atoms with Gasteiger partial charge < -0.3 is 10.6 Å². The Hall–Kier alpha value is -2.21. The maximum atomic E-state index is 14.5. The van der Waals surface area contributed by atoms with Crippen molar-refractivity contribution in [3.63, 3.8) is 0 Å². The second-order valence-electron chi connectivity index (χ2n) is 7.02. The minimum absolute atomic E-state index is 0.0560. The van der Waals surface area contributed by atoms with E-state index < -0.39 is 23.7 Å². The molecule has 0 spiro atoms. The SMILES string of the molecule is C=C(C(C(F)=NC)=C(N)C(F)F)N(CC(/C=C(C)/C=C\C=C/C)=C(\C)Cl)C(CC)CC. The Balaban J connectivity index is 6.43. The molecule has 0 unspecified atom stereocenters. The van der Waals surface area contributed by atoms with Crippen LogP contribution in [0.3, 0.4) is 0 Å². The minimum atomic E-state index is -3.04. The number of hydrogen-bond acceptors (Lipinski definition) is 3. The van der Waals surface area contributed by atoms with Crippen molar-refractivity contribution in [2.24, 2.45) is 10.7 Å². The largest absolute Gasteiger partial charge is 0.397 e. The molecule has 0 aliphatic heterocycles. The molecule has 0 aromatic carbocycles. The van der Waals surface area contributed by atoms with Crippen LogP contribution in [0.25, 0.3) is 0 Å². The molecule has 0 amide bonds. The molecule has 3 nitrogen and oxygen atoms in total. The number of halogens is 4. The highest BCUT2D eigenvalue weighted by Gasteiger charge is 2.27. The molecule has 0 fully saturated rings. The molecule has 0 aliphatic carbocycles. The summed E-state index contributed by atoms with van der Waals surface area (Å²) in [6.07, 6.45) is 7.92. The van der Waals surface area contributed by atoms with Gasteiger partial charge in [-0.3, -0.25) is 4.99 Å². The maximum Gasteiger partial charge on any atom is 0.278 e. The van der Waals surface area contributed by atoms with Crippen molar-refractivity contribution in [3.8, 4) is 0 Å². The summed E-state index contributed by atoms with van der Waals surface area (Å²) in [4.78, 5) is 5.21. The zero-order valence-electron chi connectivity index (χ0n) is 19.4. The summed E-state index contributed by atoms with van der Waals surface area (Å²) >= 11 is 6.36. The fourth-order valence-electron chi connectivity index (χ4n) is 3.02. The molecule has 0 bridgehead atoms. The van der Waals surface area contributed by atoms with Crippen LogP contribution in [0.1, 0.15) is 47.5 Å². The second-order valence-corrected chi connectivity index (χ2v) is 7.59. The van der Waals surface area contributed by atoms with Crippen molar-refractivity contribution in [3.05, 3.63) is 70.1 Å². The monoisotopic (exact) mass is 457 g/mol. The van der Waals surface area contributed by atoms with Crippen molar-refractivity contribution in [1.82, 2.24) is 4.90 Å². The topological polar surface area (TPSA) is 41.6 Å². The summed E-state index contributed by atoms with van der Waals surface area (Å²) in [5, 5.41) is 0.541. The summed E-state index contributed by atoms with van der Waals surface area (Å²) in [5.74, 6) is -1.08. The smallest absolute Gasteiger partial charge is 0.278 e. The fourth-order valence-corrected chi connectivity index (χ4v) is 3.14. The first-order chi connectivity index (χ1) is 14.5. The first-order valence-corrected chi connectivity index (χ1v) is 10.6. The fraction of sp³-hybridized carbons (Fsp3) is 0.458. The zero-order valence-corrected chi connectivity index (χ0v) is 20.1. The summed E-state index contributed by atoms with van der Waals surface area (Å²) in [6.45, 7) is 13.7. The molecule has 0 aliphatic rings. The van der Waals surface area contributed by atoms with Crippen LogP contribution >= 0.6 is 11.6 Å². The van der Waals surface area contributed by atoms with Crippen LogP contribution < -0.4 is 5.73 Å². The van der Waals surface area contributed by atoms with Gasteiger partial charge in [0.05, 0.1) is 11.3 Å². The standard InChI is InChI=1S/C24H35ClF3N3/c1-8-11-12-13-16(4)14-19(17(5)25)15-31(20(9-2)10-3)18(6)21(24(28)30-7)22(29)23(26)27/h8,11-14,20,23H,6,9-10,15,29H2,1-5,7H3/b11-8-,13-12-,16-14+,19-17+,22-21?,30-24?. The molecule has 2 N–H and O–H groups in total. The first-order valence-electron chi connectivity index (χ1n) is 10.2. The molecule has 0 atom stereocenters. The van der Waals surface area contributed by atoms with Gasteiger partial charge in [0, 0.05) is 30.4 Å². The average Bonchev–Trinajstić information content (AvgIpc) is 2.72. The molecular weight excluding hydrogens is 423 g/mol. The average molecular weight is 458 g/mol. The number of nitrogens with two attached hydrogens (primary N) is 1. The lowest BCUT2D eigenvalue weighted by atomic mass is 10.0. The van der Waals surface area contributed by atoms with Gasteiger partial charge in [-0.15, -0.1) is 0 Å². The molecule has 0 aromatic heterocycles. The molecule has 31 heavy (non-hydrogen) atoms. The predicted molar refractivity (Wildman–Crippen MR) is 128 cm³/mol. The van der Waals surface area contributed by atoms with Crippen molar-refractivity contribution in [2.75, 3.05) is 13.6 Å². The van der Waals surface area contributed by atoms with Crippen LogP contribution in [0, 0.1) is 0 Å². The number of rotatable bonds is 12. The van der Waals surface area contributed by atoms with E-state index in [1.54, 1.807) is 11.8 Å². The second kappa shape index (κ2) is 14.7. The highest BCUT2D eigenvalue weighted by Crippen LogP contribution is 2.28. The van der Waals surface area contributed by atoms with E-state index in [9.17, 15) is 13.2 Å². The van der Waals surface area contributed by atoms with E-state index in [1.165, 1.54) is 7.05 Å². The van der Waals surface area contributed by atoms with Crippen LogP contribution in [0.4, 0.5) is 13.2 Å². The van der Waals surface area contributed by atoms with Gasteiger partial charge in [0.15, 0.2) is 0 Å². The quantitative estimate of drug-likeness (QED) is 0.252. The van der Waals surface area contributed by atoms with E-state index in [0.717, 1.165) is 11.1 Å². The van der Waals surface area contributed by atoms with E-state index in [-0.39, 0.29) is 18.3 Å². The first kappa shape index (κ1) is 28.8. The normalized spacial score (nSPS) is 15.2. The number of alkyl halides is 2. The predicted octanol–water partition coefficient (Wildman–Crippen LogP) is 7.06. The molecule has 0 rings (SSSR count). The molecule has 7 heteroatoms. The molecule has 174 valence electrons. The summed E-state index contributed by atoms with van der Waals surface area (Å²) in [7, 11) is 1.18. The van der Waals surface area contributed by atoms with Gasteiger partial charge in [-0.25, -0.2) is 8.78 Å². The summed E-state index contributed by atoms with van der Waals surface area (Å²) < 4.78 is 41.2. The minimum Gasteiger partial charge on any atom is -0.397 e. The van der Waals surface area contributed by atoms with E-state index in [4.69, 9.17) is 17.3 Å². The van der Waals surface area contributed by atoms with E-state index in [1.807, 2.05) is 58.1 Å². The lowest BCUT2D eigenvalue weighted by Gasteiger charge is -2.35. The van der Waals surface area contributed by atoms with Crippen LogP contribution in [0.15, 0.2) is 75.1 Å². The van der Waals surface area contributed by atoms with Crippen LogP contribution in [-0.2, 0) is 0 Å². The molecule has 0 saturated heterocycles. The molecule has 0 aromatic rings. The number of aliphatic imine (C=N–C) groups is 1. The van der Waals surface area contributed by atoms with Crippen LogP contribution in [0.5, 0.6) is 0 Å². The lowest BCUT2D eigenvalue weighted by Crippen LogP contribution is -2.37. The Morgan fingerprint density at radius 2 is 1.77 bits per heavy atom. The molecule has 0 heterocycles. The van der Waals surface area contributed by atoms with Crippen molar-refractivity contribution >= 4 is 17.6 Å². The van der Waals surface area contributed by atoms with Crippen molar-refractivity contribution in [2.45, 2.75) is 59.9 Å². The molecule has 0 saturated carbocycles. The van der Waals surface area contributed by atoms with Gasteiger partial charge in [-0.1, -0.05) is 68.0 Å². The van der Waals surface area contributed by atoms with Gasteiger partial charge >= 0.3 is 0 Å². The van der Waals surface area contributed by atoms with E-state index >= 15 is 0 Å². The summed E-state index contributed by atoms with van der Waals surface area (Å²) in [6, 6.07) is -0.0871. The highest BCUT2D eigenvalue weighted by molar-refractivity contribution is 6.29. The Kier molecular flexibility index (Phi) is 13.7. The summed E-state index contributed by atoms with van der Waals surface area (Å²) in [5.41, 5.74) is 5.97. The van der Waals surface area contributed by atoms with Gasteiger partial charge in [-0.2, -0.15) is 4.39 Å². The van der Waals surface area contributed by atoms with E-state index in [0.29, 0.717) is 17.9 Å². The Labute approximate surface area is 190 Å². The number of hydrogen-bond donors (Lipinski definition) is 1. The Morgan fingerprint density at radius 3 is 2.19 bits per heavy atom. The molecule has 0 radical (unpaired) electrons. The van der Waals surface area contributed by atoms with Gasteiger partial charge in [0.25, 0.3) is 6.43 Å². The van der Waals surface area contributed by atoms with Crippen molar-refractivity contribution < 1.29 is 13.2 Å². The number of allylic oxidation sites excluding steroid dienone is 8. The Morgan fingerprint density at radius 1 is 1.19 bits per heavy atom. The highest BCUT2D eigenvalue weighted by atomic mass is 35.5. The third-order valence-electron chi connectivity index (χ3n) is 4.79. The van der Waals surface area contributed by atoms with Gasteiger partial charge in [-0.05, 0) is 39.2 Å². The zero-order chi connectivity index (χ0) is 24.1. The maximum absolute atomic E-state index is 14.5. The third-order valence-corrected chi connectivity index (χ3v) is 5.04. The van der Waals surface area contributed by atoms with Gasteiger partial charge in [0.1, 0.15) is 0 Å². The van der Waals surface area contributed by atoms with Crippen molar-refractivity contribution in [1.29, 1.82) is 0 Å². The third kappa shape index (κ3) is 9.21. The van der Waals surface area contributed by atoms with Crippen LogP contribution in [-0.4, -0.2) is 36.9 Å². The Bertz CT molecular complexity index is 782. The van der Waals surface area contributed by atoms with Crippen LogP contribution in [0.2, 0.25) is 0 Å². The van der Waals surface area contributed by atoms with E-state index in [2.05, 4.69) is 11.6 Å². The number of nitrogens with zero attached hydrogens (tertiary/aromatic N) is 2. The molecular formula is C24H35ClF3N3. The lowest BCUT2D eigenvalue weighted by molar-refractivity contribution is 0.185. The van der Waals surface area contributed by atoms with Gasteiger partial charge in [0.2, 0.25) is 5.97 Å².